The molecule has 1 saturated carbocycles. The zero-order chi connectivity index (χ0) is 12.6. The molecule has 1 aliphatic carbocycles. The first-order valence-electron chi connectivity index (χ1n) is 5.54. The van der Waals surface area contributed by atoms with E-state index < -0.39 is 10.0 Å². The van der Waals surface area contributed by atoms with Gasteiger partial charge in [0.25, 0.3) is 0 Å². The molecule has 0 spiro atoms. The average Bonchev–Trinajstić information content (AvgIpc) is 3.13. The van der Waals surface area contributed by atoms with E-state index in [0.29, 0.717) is 10.8 Å². The summed E-state index contributed by atoms with van der Waals surface area (Å²) in [6.45, 7) is 0. The SMILES string of the molecule is O=S(=O)(Nc1nc(-c2ccccn2)cs1)C1CC1. The second-order valence-electron chi connectivity index (χ2n) is 4.10. The number of hydrogen-bond donors (Lipinski definition) is 1. The number of rotatable bonds is 4. The maximum atomic E-state index is 11.7. The van der Waals surface area contributed by atoms with Crippen LogP contribution in [0.15, 0.2) is 29.8 Å². The third-order valence-electron chi connectivity index (χ3n) is 2.62. The Morgan fingerprint density at radius 2 is 2.11 bits per heavy atom. The number of thiazole rings is 1. The molecule has 0 aliphatic heterocycles. The predicted molar refractivity (Wildman–Crippen MR) is 70.9 cm³/mol. The Morgan fingerprint density at radius 1 is 1.28 bits per heavy atom. The molecule has 1 aliphatic rings. The smallest absolute Gasteiger partial charge is 0.237 e. The molecule has 94 valence electrons. The summed E-state index contributed by atoms with van der Waals surface area (Å²) < 4.78 is 26.0. The summed E-state index contributed by atoms with van der Waals surface area (Å²) in [5.74, 6) is 0. The Morgan fingerprint density at radius 3 is 2.78 bits per heavy atom. The van der Waals surface area contributed by atoms with Crippen LogP contribution in [0.1, 0.15) is 12.8 Å². The van der Waals surface area contributed by atoms with Crippen molar-refractivity contribution in [3.63, 3.8) is 0 Å². The number of nitrogens with one attached hydrogen (secondary N) is 1. The van der Waals surface area contributed by atoms with Gasteiger partial charge in [-0.3, -0.25) is 9.71 Å². The van der Waals surface area contributed by atoms with Crippen LogP contribution in [0.25, 0.3) is 11.4 Å². The molecule has 1 N–H and O–H groups in total. The van der Waals surface area contributed by atoms with Gasteiger partial charge in [-0.1, -0.05) is 6.07 Å². The second-order valence-corrected chi connectivity index (χ2v) is 6.92. The number of nitrogens with zero attached hydrogens (tertiary/aromatic N) is 2. The van der Waals surface area contributed by atoms with E-state index in [2.05, 4.69) is 14.7 Å². The Hall–Kier alpha value is -1.47. The first-order chi connectivity index (χ1) is 8.65. The molecule has 0 amide bonds. The summed E-state index contributed by atoms with van der Waals surface area (Å²) in [6, 6.07) is 5.54. The largest absolute Gasteiger partial charge is 0.258 e. The third-order valence-corrected chi connectivity index (χ3v) is 5.34. The van der Waals surface area contributed by atoms with E-state index in [-0.39, 0.29) is 5.25 Å². The van der Waals surface area contributed by atoms with Gasteiger partial charge in [-0.05, 0) is 25.0 Å². The Balaban J connectivity index is 1.82. The van der Waals surface area contributed by atoms with E-state index in [4.69, 9.17) is 0 Å². The van der Waals surface area contributed by atoms with E-state index in [0.717, 1.165) is 18.5 Å². The van der Waals surface area contributed by atoms with Gasteiger partial charge in [-0.2, -0.15) is 0 Å². The second kappa shape index (κ2) is 4.33. The molecule has 0 atom stereocenters. The number of sulfonamides is 1. The zero-order valence-corrected chi connectivity index (χ0v) is 11.0. The lowest BCUT2D eigenvalue weighted by Gasteiger charge is -2.01. The minimum Gasteiger partial charge on any atom is -0.258 e. The third kappa shape index (κ3) is 2.37. The Bertz CT molecular complexity index is 648. The first kappa shape index (κ1) is 11.6. The van der Waals surface area contributed by atoms with Crippen LogP contribution in [0.3, 0.4) is 0 Å². The quantitative estimate of drug-likeness (QED) is 0.931. The van der Waals surface area contributed by atoms with Crippen LogP contribution in [-0.4, -0.2) is 23.6 Å². The van der Waals surface area contributed by atoms with Crippen molar-refractivity contribution >= 4 is 26.5 Å². The minimum absolute atomic E-state index is 0.236. The summed E-state index contributed by atoms with van der Waals surface area (Å²) in [7, 11) is -3.23. The lowest BCUT2D eigenvalue weighted by Crippen LogP contribution is -2.17. The van der Waals surface area contributed by atoms with Gasteiger partial charge < -0.3 is 0 Å². The van der Waals surface area contributed by atoms with Gasteiger partial charge in [0.2, 0.25) is 10.0 Å². The molecular weight excluding hydrogens is 270 g/mol. The van der Waals surface area contributed by atoms with Gasteiger partial charge in [-0.15, -0.1) is 11.3 Å². The molecule has 3 rings (SSSR count). The topological polar surface area (TPSA) is 72.0 Å². The minimum atomic E-state index is -3.23. The molecule has 18 heavy (non-hydrogen) atoms. The Labute approximate surface area is 109 Å². The Kier molecular flexibility index (Phi) is 2.79. The summed E-state index contributed by atoms with van der Waals surface area (Å²) in [6.07, 6.45) is 3.17. The van der Waals surface area contributed by atoms with E-state index in [1.165, 1.54) is 11.3 Å². The number of anilines is 1. The van der Waals surface area contributed by atoms with Crippen LogP contribution in [0, 0.1) is 0 Å². The van der Waals surface area contributed by atoms with E-state index in [9.17, 15) is 8.42 Å². The predicted octanol–water partition coefficient (Wildman–Crippen LogP) is 2.11. The van der Waals surface area contributed by atoms with Crippen molar-refractivity contribution in [2.45, 2.75) is 18.1 Å². The molecule has 0 bridgehead atoms. The van der Waals surface area contributed by atoms with Crippen LogP contribution in [0.5, 0.6) is 0 Å². The van der Waals surface area contributed by atoms with Gasteiger partial charge in [0.15, 0.2) is 5.13 Å². The highest BCUT2D eigenvalue weighted by Gasteiger charge is 2.36. The van der Waals surface area contributed by atoms with Gasteiger partial charge in [0.05, 0.1) is 10.9 Å². The van der Waals surface area contributed by atoms with Crippen molar-refractivity contribution in [3.8, 4) is 11.4 Å². The standard InChI is InChI=1S/C11H11N3O2S2/c15-18(16,8-4-5-8)14-11-13-10(7-17-11)9-3-1-2-6-12-9/h1-3,6-8H,4-5H2,(H,13,14). The monoisotopic (exact) mass is 281 g/mol. The number of hydrogen-bond acceptors (Lipinski definition) is 5. The molecule has 7 heteroatoms. The van der Waals surface area contributed by atoms with Crippen LogP contribution in [0.2, 0.25) is 0 Å². The molecule has 2 heterocycles. The highest BCUT2D eigenvalue weighted by molar-refractivity contribution is 7.93. The van der Waals surface area contributed by atoms with Crippen LogP contribution in [-0.2, 0) is 10.0 Å². The molecule has 5 nitrogen and oxygen atoms in total. The van der Waals surface area contributed by atoms with E-state index >= 15 is 0 Å². The molecule has 0 radical (unpaired) electrons. The van der Waals surface area contributed by atoms with Gasteiger partial charge >= 0.3 is 0 Å². The van der Waals surface area contributed by atoms with Crippen molar-refractivity contribution in [1.82, 2.24) is 9.97 Å². The van der Waals surface area contributed by atoms with Gasteiger partial charge in [0, 0.05) is 11.6 Å². The molecule has 2 aromatic rings. The lowest BCUT2D eigenvalue weighted by atomic mass is 10.3. The fourth-order valence-corrected chi connectivity index (χ4v) is 3.84. The maximum Gasteiger partial charge on any atom is 0.237 e. The number of pyridine rings is 1. The molecule has 0 unspecified atom stereocenters. The summed E-state index contributed by atoms with van der Waals surface area (Å²) >= 11 is 1.28. The molecule has 0 aromatic carbocycles. The average molecular weight is 281 g/mol. The summed E-state index contributed by atoms with van der Waals surface area (Å²) in [5.41, 5.74) is 1.43. The van der Waals surface area contributed by atoms with Crippen molar-refractivity contribution in [2.75, 3.05) is 4.72 Å². The maximum absolute atomic E-state index is 11.7. The fraction of sp³-hybridized carbons (Fsp3) is 0.273. The lowest BCUT2D eigenvalue weighted by molar-refractivity contribution is 0.600. The molecule has 1 fully saturated rings. The van der Waals surface area contributed by atoms with Crippen LogP contribution < -0.4 is 4.72 Å². The highest BCUT2D eigenvalue weighted by Crippen LogP contribution is 2.31. The van der Waals surface area contributed by atoms with E-state index in [1.54, 1.807) is 11.6 Å². The normalized spacial score (nSPS) is 15.6. The highest BCUT2D eigenvalue weighted by atomic mass is 32.2. The summed E-state index contributed by atoms with van der Waals surface area (Å²) in [5, 5.41) is 1.97. The molecule has 2 aromatic heterocycles. The van der Waals surface area contributed by atoms with Crippen molar-refractivity contribution in [2.24, 2.45) is 0 Å². The van der Waals surface area contributed by atoms with Crippen molar-refractivity contribution in [1.29, 1.82) is 0 Å². The zero-order valence-electron chi connectivity index (χ0n) is 9.41. The number of aromatic nitrogens is 2. The fourth-order valence-electron chi connectivity index (χ4n) is 1.54. The van der Waals surface area contributed by atoms with Crippen molar-refractivity contribution in [3.05, 3.63) is 29.8 Å². The summed E-state index contributed by atoms with van der Waals surface area (Å²) in [4.78, 5) is 8.41. The molecular formula is C11H11N3O2S2. The van der Waals surface area contributed by atoms with Gasteiger partial charge in [0.1, 0.15) is 5.69 Å². The van der Waals surface area contributed by atoms with Crippen molar-refractivity contribution < 1.29 is 8.42 Å². The van der Waals surface area contributed by atoms with Crippen LogP contribution in [0.4, 0.5) is 5.13 Å². The molecule has 0 saturated heterocycles. The first-order valence-corrected chi connectivity index (χ1v) is 7.96. The van der Waals surface area contributed by atoms with Crippen LogP contribution >= 0.6 is 11.3 Å². The van der Waals surface area contributed by atoms with E-state index in [1.807, 2.05) is 18.2 Å². The van der Waals surface area contributed by atoms with Gasteiger partial charge in [-0.25, -0.2) is 13.4 Å².